The number of rotatable bonds is 6. The maximum atomic E-state index is 11.3. The summed E-state index contributed by atoms with van der Waals surface area (Å²) in [5.41, 5.74) is 2.10. The van der Waals surface area contributed by atoms with Crippen molar-refractivity contribution in [2.75, 3.05) is 13.1 Å². The minimum absolute atomic E-state index is 0.0999. The molecule has 1 aliphatic heterocycles. The molecule has 1 aliphatic rings. The molecule has 0 bridgehead atoms. The SMILES string of the molecule is O=C(O)CC(c1ccccc1)C1CCN(Cc2ccon2)CC1. The monoisotopic (exact) mass is 314 g/mol. The molecule has 1 fully saturated rings. The second-order valence-corrected chi connectivity index (χ2v) is 6.22. The number of aromatic nitrogens is 1. The van der Waals surface area contributed by atoms with Crippen molar-refractivity contribution in [2.45, 2.75) is 31.7 Å². The van der Waals surface area contributed by atoms with Gasteiger partial charge >= 0.3 is 5.97 Å². The molecule has 1 saturated heterocycles. The van der Waals surface area contributed by atoms with Crippen LogP contribution < -0.4 is 0 Å². The number of carboxylic acids is 1. The van der Waals surface area contributed by atoms with Crippen molar-refractivity contribution in [2.24, 2.45) is 5.92 Å². The van der Waals surface area contributed by atoms with Crippen LogP contribution in [-0.2, 0) is 11.3 Å². The van der Waals surface area contributed by atoms with Gasteiger partial charge in [0.2, 0.25) is 0 Å². The van der Waals surface area contributed by atoms with Crippen LogP contribution in [0.5, 0.6) is 0 Å². The highest BCUT2D eigenvalue weighted by atomic mass is 16.5. The van der Waals surface area contributed by atoms with Gasteiger partial charge in [0.25, 0.3) is 0 Å². The lowest BCUT2D eigenvalue weighted by atomic mass is 9.78. The fraction of sp³-hybridized carbons (Fsp3) is 0.444. The number of carboxylic acid groups (broad SMARTS) is 1. The van der Waals surface area contributed by atoms with Crippen molar-refractivity contribution < 1.29 is 14.4 Å². The summed E-state index contributed by atoms with van der Waals surface area (Å²) >= 11 is 0. The first kappa shape index (κ1) is 15.7. The van der Waals surface area contributed by atoms with E-state index in [1.165, 1.54) is 0 Å². The van der Waals surface area contributed by atoms with Crippen LogP contribution >= 0.6 is 0 Å². The third kappa shape index (κ3) is 4.20. The number of likely N-dealkylation sites (tertiary alicyclic amines) is 1. The quantitative estimate of drug-likeness (QED) is 0.887. The first-order chi connectivity index (χ1) is 11.2. The lowest BCUT2D eigenvalue weighted by Gasteiger charge is -2.35. The van der Waals surface area contributed by atoms with Crippen molar-refractivity contribution in [1.82, 2.24) is 10.1 Å². The zero-order valence-corrected chi connectivity index (χ0v) is 13.1. The Morgan fingerprint density at radius 1 is 1.26 bits per heavy atom. The Hall–Kier alpha value is -2.14. The molecule has 3 rings (SSSR count). The fourth-order valence-electron chi connectivity index (χ4n) is 3.51. The summed E-state index contributed by atoms with van der Waals surface area (Å²) in [6.07, 6.45) is 3.84. The lowest BCUT2D eigenvalue weighted by Crippen LogP contribution is -2.35. The van der Waals surface area contributed by atoms with E-state index >= 15 is 0 Å². The predicted octanol–water partition coefficient (Wildman–Crippen LogP) is 3.15. The molecule has 1 N–H and O–H groups in total. The second kappa shape index (κ2) is 7.42. The molecule has 1 unspecified atom stereocenters. The zero-order chi connectivity index (χ0) is 16.1. The molecular weight excluding hydrogens is 292 g/mol. The Morgan fingerprint density at radius 2 is 2.00 bits per heavy atom. The van der Waals surface area contributed by atoms with E-state index in [0.717, 1.165) is 43.7 Å². The van der Waals surface area contributed by atoms with Gasteiger partial charge in [0.15, 0.2) is 0 Å². The van der Waals surface area contributed by atoms with Gasteiger partial charge in [-0.25, -0.2) is 0 Å². The van der Waals surface area contributed by atoms with Gasteiger partial charge in [-0.05, 0) is 43.3 Å². The Kier molecular flexibility index (Phi) is 5.08. The van der Waals surface area contributed by atoms with Crippen LogP contribution in [-0.4, -0.2) is 34.2 Å². The molecule has 2 aromatic rings. The topological polar surface area (TPSA) is 66.6 Å². The smallest absolute Gasteiger partial charge is 0.303 e. The summed E-state index contributed by atoms with van der Waals surface area (Å²) in [6, 6.07) is 11.9. The summed E-state index contributed by atoms with van der Waals surface area (Å²) in [5, 5.41) is 13.2. The van der Waals surface area contributed by atoms with Crippen LogP contribution in [0.15, 0.2) is 47.2 Å². The molecule has 5 nitrogen and oxygen atoms in total. The normalized spacial score (nSPS) is 17.9. The van der Waals surface area contributed by atoms with Crippen LogP contribution in [0.25, 0.3) is 0 Å². The number of hydrogen-bond acceptors (Lipinski definition) is 4. The maximum absolute atomic E-state index is 11.3. The Morgan fingerprint density at radius 3 is 2.61 bits per heavy atom. The molecule has 0 saturated carbocycles. The van der Waals surface area contributed by atoms with Crippen LogP contribution in [0, 0.1) is 5.92 Å². The van der Waals surface area contributed by atoms with Gasteiger partial charge in [0, 0.05) is 12.6 Å². The molecular formula is C18H22N2O3. The number of aliphatic carboxylic acids is 1. The van der Waals surface area contributed by atoms with Crippen molar-refractivity contribution in [3.05, 3.63) is 53.9 Å². The average molecular weight is 314 g/mol. The number of piperidine rings is 1. The van der Waals surface area contributed by atoms with Gasteiger partial charge in [-0.15, -0.1) is 0 Å². The van der Waals surface area contributed by atoms with E-state index in [0.29, 0.717) is 5.92 Å². The molecule has 1 aromatic heterocycles. The van der Waals surface area contributed by atoms with Crippen LogP contribution in [0.3, 0.4) is 0 Å². The average Bonchev–Trinajstić information content (AvgIpc) is 3.07. The largest absolute Gasteiger partial charge is 0.481 e. The van der Waals surface area contributed by atoms with E-state index < -0.39 is 5.97 Å². The number of benzene rings is 1. The molecule has 0 aliphatic carbocycles. The first-order valence-electron chi connectivity index (χ1n) is 8.10. The Bertz CT molecular complexity index is 604. The molecule has 0 amide bonds. The molecule has 23 heavy (non-hydrogen) atoms. The molecule has 1 aromatic carbocycles. The summed E-state index contributed by atoms with van der Waals surface area (Å²) in [4.78, 5) is 13.6. The molecule has 2 heterocycles. The first-order valence-corrected chi connectivity index (χ1v) is 8.10. The molecule has 5 heteroatoms. The second-order valence-electron chi connectivity index (χ2n) is 6.22. The zero-order valence-electron chi connectivity index (χ0n) is 13.1. The molecule has 0 spiro atoms. The molecule has 0 radical (unpaired) electrons. The van der Waals surface area contributed by atoms with Gasteiger partial charge in [-0.2, -0.15) is 0 Å². The Balaban J connectivity index is 1.62. The van der Waals surface area contributed by atoms with Gasteiger partial charge in [-0.3, -0.25) is 9.69 Å². The minimum atomic E-state index is -0.719. The van der Waals surface area contributed by atoms with Crippen LogP contribution in [0.2, 0.25) is 0 Å². The Labute approximate surface area is 135 Å². The fourth-order valence-corrected chi connectivity index (χ4v) is 3.51. The van der Waals surface area contributed by atoms with E-state index in [1.807, 2.05) is 24.3 Å². The highest BCUT2D eigenvalue weighted by Gasteiger charge is 2.29. The van der Waals surface area contributed by atoms with E-state index in [-0.39, 0.29) is 12.3 Å². The van der Waals surface area contributed by atoms with Gasteiger partial charge < -0.3 is 9.63 Å². The van der Waals surface area contributed by atoms with Crippen LogP contribution in [0.1, 0.15) is 36.4 Å². The van der Waals surface area contributed by atoms with E-state index in [9.17, 15) is 9.90 Å². The number of carbonyl (C=O) groups is 1. The summed E-state index contributed by atoms with van der Waals surface area (Å²) in [6.45, 7) is 2.75. The van der Waals surface area contributed by atoms with Crippen molar-refractivity contribution in [3.8, 4) is 0 Å². The highest BCUT2D eigenvalue weighted by molar-refractivity contribution is 5.68. The summed E-state index contributed by atoms with van der Waals surface area (Å²) in [5.74, 6) is -0.200. The van der Waals surface area contributed by atoms with Crippen molar-refractivity contribution in [3.63, 3.8) is 0 Å². The van der Waals surface area contributed by atoms with Crippen LogP contribution in [0.4, 0.5) is 0 Å². The highest BCUT2D eigenvalue weighted by Crippen LogP contribution is 2.35. The van der Waals surface area contributed by atoms with E-state index in [1.54, 1.807) is 6.26 Å². The number of hydrogen-bond donors (Lipinski definition) is 1. The van der Waals surface area contributed by atoms with E-state index in [4.69, 9.17) is 4.52 Å². The summed E-state index contributed by atoms with van der Waals surface area (Å²) in [7, 11) is 0. The van der Waals surface area contributed by atoms with Gasteiger partial charge in [0.05, 0.1) is 12.1 Å². The van der Waals surface area contributed by atoms with Gasteiger partial charge in [0.1, 0.15) is 6.26 Å². The van der Waals surface area contributed by atoms with E-state index in [2.05, 4.69) is 22.2 Å². The number of nitrogens with zero attached hydrogens (tertiary/aromatic N) is 2. The minimum Gasteiger partial charge on any atom is -0.481 e. The molecule has 1 atom stereocenters. The predicted molar refractivity (Wildman–Crippen MR) is 85.9 cm³/mol. The third-order valence-corrected chi connectivity index (χ3v) is 4.70. The van der Waals surface area contributed by atoms with Crippen molar-refractivity contribution in [1.29, 1.82) is 0 Å². The summed E-state index contributed by atoms with van der Waals surface area (Å²) < 4.78 is 4.88. The third-order valence-electron chi connectivity index (χ3n) is 4.70. The standard InChI is InChI=1S/C18H22N2O3/c21-18(22)12-17(14-4-2-1-3-5-14)15-6-9-20(10-7-15)13-16-8-11-23-19-16/h1-5,8,11,15,17H,6-7,9-10,12-13H2,(H,21,22). The molecule has 122 valence electrons. The van der Waals surface area contributed by atoms with Gasteiger partial charge in [-0.1, -0.05) is 35.5 Å². The lowest BCUT2D eigenvalue weighted by molar-refractivity contribution is -0.137. The maximum Gasteiger partial charge on any atom is 0.303 e. The van der Waals surface area contributed by atoms with Crippen molar-refractivity contribution >= 4 is 5.97 Å².